The Bertz CT molecular complexity index is 820. The van der Waals surface area contributed by atoms with Crippen molar-refractivity contribution in [1.29, 1.82) is 0 Å². The monoisotopic (exact) mass is 462 g/mol. The first-order valence-corrected chi connectivity index (χ1v) is 14.1. The highest BCUT2D eigenvalue weighted by Crippen LogP contribution is 2.44. The van der Waals surface area contributed by atoms with Gasteiger partial charge in [0.25, 0.3) is 0 Å². The van der Waals surface area contributed by atoms with Gasteiger partial charge >= 0.3 is 7.60 Å². The Morgan fingerprint density at radius 3 is 2.48 bits per heavy atom. The van der Waals surface area contributed by atoms with Gasteiger partial charge in [-0.15, -0.1) is 11.8 Å². The molecule has 1 heterocycles. The number of rotatable bonds is 13. The first-order valence-electron chi connectivity index (χ1n) is 11.4. The summed E-state index contributed by atoms with van der Waals surface area (Å²) in [6, 6.07) is 15.3. The number of hydrogen-bond acceptors (Lipinski definition) is 4. The minimum absolute atomic E-state index is 0.0739. The zero-order chi connectivity index (χ0) is 22.0. The molecule has 0 unspecified atom stereocenters. The number of nitrogens with zero attached hydrogens (tertiary/aromatic N) is 1. The third kappa shape index (κ3) is 8.36. The van der Waals surface area contributed by atoms with Gasteiger partial charge in [-0.2, -0.15) is 0 Å². The van der Waals surface area contributed by atoms with Crippen molar-refractivity contribution in [3.05, 3.63) is 59.9 Å². The average molecular weight is 463 g/mol. The zero-order valence-corrected chi connectivity index (χ0v) is 19.9. The van der Waals surface area contributed by atoms with E-state index in [4.69, 9.17) is 9.79 Å². The second kappa shape index (κ2) is 12.2. The Balaban J connectivity index is 1.33. The largest absolute Gasteiger partial charge is 0.325 e. The third-order valence-electron chi connectivity index (χ3n) is 6.17. The van der Waals surface area contributed by atoms with E-state index in [1.165, 1.54) is 55.4 Å². The second-order valence-electron chi connectivity index (χ2n) is 8.56. The molecule has 1 fully saturated rings. The summed E-state index contributed by atoms with van der Waals surface area (Å²) in [5.41, 5.74) is 2.90. The zero-order valence-electron chi connectivity index (χ0n) is 18.2. The fraction of sp³-hybridized carbons (Fsp3) is 0.542. The minimum atomic E-state index is -3.88. The summed E-state index contributed by atoms with van der Waals surface area (Å²) in [6.45, 7) is 1.20. The molecule has 0 bridgehead atoms. The summed E-state index contributed by atoms with van der Waals surface area (Å²) < 4.78 is 10.8. The van der Waals surface area contributed by atoms with Crippen LogP contribution in [0.4, 0.5) is 0 Å². The maximum absolute atomic E-state index is 10.8. The van der Waals surface area contributed by atoms with Crippen molar-refractivity contribution in [1.82, 2.24) is 10.3 Å². The van der Waals surface area contributed by atoms with E-state index >= 15 is 0 Å². The SMILES string of the molecule is O=P(O)(O)CCCNCc1ccc(SCCCCC2(c3ccccc3)CCCC2)cn1. The highest BCUT2D eigenvalue weighted by atomic mass is 32.2. The van der Waals surface area contributed by atoms with Gasteiger partial charge < -0.3 is 15.1 Å². The summed E-state index contributed by atoms with van der Waals surface area (Å²) in [6.07, 6.45) is 11.5. The van der Waals surface area contributed by atoms with Gasteiger partial charge in [0.1, 0.15) is 0 Å². The molecule has 3 rings (SSSR count). The van der Waals surface area contributed by atoms with Crippen molar-refractivity contribution in [2.24, 2.45) is 0 Å². The molecule has 5 nitrogen and oxygen atoms in total. The summed E-state index contributed by atoms with van der Waals surface area (Å²) in [5.74, 6) is 1.12. The summed E-state index contributed by atoms with van der Waals surface area (Å²) >= 11 is 1.87. The molecule has 1 aromatic carbocycles. The lowest BCUT2D eigenvalue weighted by Crippen LogP contribution is -2.21. The first kappa shape index (κ1) is 24.5. The lowest BCUT2D eigenvalue weighted by Gasteiger charge is -2.30. The third-order valence-corrected chi connectivity index (χ3v) is 8.14. The van der Waals surface area contributed by atoms with E-state index in [-0.39, 0.29) is 6.16 Å². The summed E-state index contributed by atoms with van der Waals surface area (Å²) in [5, 5.41) is 3.18. The van der Waals surface area contributed by atoms with Crippen molar-refractivity contribution in [3.8, 4) is 0 Å². The maximum Gasteiger partial charge on any atom is 0.325 e. The molecule has 3 N–H and O–H groups in total. The summed E-state index contributed by atoms with van der Waals surface area (Å²) in [4.78, 5) is 23.4. The standard InChI is InChI=1S/C24H35N2O3PS/c27-30(28,29)17-8-16-25-19-22-11-12-23(20-26-22)31-18-7-6-15-24(13-4-5-14-24)21-9-2-1-3-10-21/h1-3,9-12,20,25H,4-8,13-19H2,(H2,27,28,29). The van der Waals surface area contributed by atoms with Crippen LogP contribution < -0.4 is 5.32 Å². The molecule has 0 radical (unpaired) electrons. The van der Waals surface area contributed by atoms with E-state index in [0.29, 0.717) is 24.9 Å². The average Bonchev–Trinajstić information content (AvgIpc) is 3.24. The van der Waals surface area contributed by atoms with Crippen LogP contribution in [0, 0.1) is 0 Å². The number of pyridine rings is 1. The first-order chi connectivity index (χ1) is 15.0. The molecule has 0 saturated heterocycles. The topological polar surface area (TPSA) is 82.5 Å². The van der Waals surface area contributed by atoms with Gasteiger partial charge in [-0.25, -0.2) is 0 Å². The van der Waals surface area contributed by atoms with Crippen molar-refractivity contribution in [2.45, 2.75) is 68.2 Å². The molecule has 1 aromatic heterocycles. The summed E-state index contributed by atoms with van der Waals surface area (Å²) in [7, 11) is -3.88. The molecular formula is C24H35N2O3PS. The quantitative estimate of drug-likeness (QED) is 0.207. The van der Waals surface area contributed by atoms with Crippen LogP contribution in [0.5, 0.6) is 0 Å². The molecular weight excluding hydrogens is 427 g/mol. The Labute approximate surface area is 190 Å². The predicted octanol–water partition coefficient (Wildman–Crippen LogP) is 5.51. The van der Waals surface area contributed by atoms with Gasteiger partial charge in [0.15, 0.2) is 0 Å². The molecule has 0 spiro atoms. The van der Waals surface area contributed by atoms with Crippen LogP contribution in [0.1, 0.15) is 62.6 Å². The number of unbranched alkanes of at least 4 members (excludes halogenated alkanes) is 1. The molecule has 31 heavy (non-hydrogen) atoms. The van der Waals surface area contributed by atoms with Crippen LogP contribution in [0.25, 0.3) is 0 Å². The van der Waals surface area contributed by atoms with Crippen LogP contribution in [0.15, 0.2) is 53.6 Å². The van der Waals surface area contributed by atoms with E-state index in [2.05, 4.69) is 46.7 Å². The van der Waals surface area contributed by atoms with E-state index < -0.39 is 7.60 Å². The van der Waals surface area contributed by atoms with Crippen molar-refractivity contribution >= 4 is 19.4 Å². The Morgan fingerprint density at radius 2 is 1.81 bits per heavy atom. The fourth-order valence-electron chi connectivity index (χ4n) is 4.51. The smallest absolute Gasteiger partial charge is 0.324 e. The number of nitrogens with one attached hydrogen (secondary N) is 1. The van der Waals surface area contributed by atoms with Crippen LogP contribution in [-0.2, 0) is 16.5 Å². The second-order valence-corrected chi connectivity index (χ2v) is 11.5. The van der Waals surface area contributed by atoms with E-state index in [0.717, 1.165) is 11.4 Å². The van der Waals surface area contributed by atoms with Crippen molar-refractivity contribution < 1.29 is 14.4 Å². The fourth-order valence-corrected chi connectivity index (χ4v) is 5.96. The van der Waals surface area contributed by atoms with Crippen LogP contribution in [-0.4, -0.2) is 33.2 Å². The maximum atomic E-state index is 10.8. The Morgan fingerprint density at radius 1 is 1.03 bits per heavy atom. The minimum Gasteiger partial charge on any atom is -0.324 e. The lowest BCUT2D eigenvalue weighted by molar-refractivity contribution is 0.371. The molecule has 1 saturated carbocycles. The van der Waals surface area contributed by atoms with Gasteiger partial charge in [-0.1, -0.05) is 49.6 Å². The Hall–Kier alpha value is -1.17. The van der Waals surface area contributed by atoms with Crippen LogP contribution >= 0.6 is 19.4 Å². The predicted molar refractivity (Wildman–Crippen MR) is 129 cm³/mol. The van der Waals surface area contributed by atoms with Gasteiger partial charge in [-0.3, -0.25) is 9.55 Å². The highest BCUT2D eigenvalue weighted by molar-refractivity contribution is 7.99. The number of thioether (sulfide) groups is 1. The van der Waals surface area contributed by atoms with Crippen LogP contribution in [0.3, 0.4) is 0 Å². The van der Waals surface area contributed by atoms with Crippen molar-refractivity contribution in [3.63, 3.8) is 0 Å². The molecule has 1 aliphatic rings. The van der Waals surface area contributed by atoms with Crippen LogP contribution in [0.2, 0.25) is 0 Å². The van der Waals surface area contributed by atoms with E-state index in [1.807, 2.05) is 24.0 Å². The normalized spacial score (nSPS) is 15.9. The van der Waals surface area contributed by atoms with Gasteiger partial charge in [-0.05, 0) is 67.5 Å². The molecule has 170 valence electrons. The molecule has 2 aromatic rings. The molecule has 0 atom stereocenters. The lowest BCUT2D eigenvalue weighted by atomic mass is 9.75. The number of hydrogen-bond donors (Lipinski definition) is 3. The molecule has 0 aliphatic heterocycles. The van der Waals surface area contributed by atoms with Gasteiger partial charge in [0.05, 0.1) is 11.9 Å². The molecule has 1 aliphatic carbocycles. The number of aromatic nitrogens is 1. The van der Waals surface area contributed by atoms with E-state index in [9.17, 15) is 4.57 Å². The highest BCUT2D eigenvalue weighted by Gasteiger charge is 2.34. The van der Waals surface area contributed by atoms with Crippen molar-refractivity contribution in [2.75, 3.05) is 18.5 Å². The number of benzene rings is 1. The molecule has 0 amide bonds. The molecule has 7 heteroatoms. The van der Waals surface area contributed by atoms with E-state index in [1.54, 1.807) is 0 Å². The Kier molecular flexibility index (Phi) is 9.61. The van der Waals surface area contributed by atoms with Gasteiger partial charge in [0.2, 0.25) is 0 Å². The van der Waals surface area contributed by atoms with Gasteiger partial charge in [0, 0.05) is 17.6 Å².